The topological polar surface area (TPSA) is 59.3 Å². The normalized spacial score (nSPS) is 10.4. The van der Waals surface area contributed by atoms with Crippen molar-refractivity contribution in [1.82, 2.24) is 5.16 Å². The summed E-state index contributed by atoms with van der Waals surface area (Å²) >= 11 is 5.31. The molecule has 5 nitrogen and oxygen atoms in total. The average Bonchev–Trinajstić information content (AvgIpc) is 2.97. The maximum Gasteiger partial charge on any atom is 0.175 e. The molecule has 0 bridgehead atoms. The fourth-order valence-corrected chi connectivity index (χ4v) is 2.27. The Hall–Kier alpha value is -2.60. The molecule has 22 heavy (non-hydrogen) atoms. The van der Waals surface area contributed by atoms with E-state index >= 15 is 0 Å². The molecule has 3 rings (SSSR count). The summed E-state index contributed by atoms with van der Waals surface area (Å²) in [6.45, 7) is 2.61. The molecule has 0 saturated heterocycles. The van der Waals surface area contributed by atoms with Gasteiger partial charge in [0.2, 0.25) is 0 Å². The molecule has 0 saturated carbocycles. The van der Waals surface area contributed by atoms with E-state index in [0.717, 1.165) is 28.0 Å². The summed E-state index contributed by atoms with van der Waals surface area (Å²) in [6, 6.07) is 13.4. The minimum absolute atomic E-state index is 0.506. The molecule has 6 heteroatoms. The van der Waals surface area contributed by atoms with Crippen molar-refractivity contribution in [3.8, 4) is 5.75 Å². The molecule has 0 radical (unpaired) electrons. The molecule has 1 heterocycles. The molecule has 3 aromatic rings. The van der Waals surface area contributed by atoms with Gasteiger partial charge in [-0.1, -0.05) is 5.16 Å². The van der Waals surface area contributed by atoms with Crippen LogP contribution in [0.4, 0.5) is 11.4 Å². The van der Waals surface area contributed by atoms with Crippen LogP contribution in [0.2, 0.25) is 0 Å². The number of fused-ring (bicyclic) bond motifs is 1. The van der Waals surface area contributed by atoms with Gasteiger partial charge in [-0.05, 0) is 61.6 Å². The Kier molecular flexibility index (Phi) is 4.20. The highest BCUT2D eigenvalue weighted by Gasteiger charge is 2.03. The highest BCUT2D eigenvalue weighted by Crippen LogP contribution is 2.19. The Morgan fingerprint density at radius 3 is 2.64 bits per heavy atom. The minimum atomic E-state index is 0.506. The van der Waals surface area contributed by atoms with Crippen molar-refractivity contribution in [3.63, 3.8) is 0 Å². The van der Waals surface area contributed by atoms with E-state index in [0.29, 0.717) is 11.7 Å². The van der Waals surface area contributed by atoms with Crippen LogP contribution >= 0.6 is 12.2 Å². The summed E-state index contributed by atoms with van der Waals surface area (Å²) in [6.07, 6.45) is 1.61. The number of rotatable bonds is 4. The van der Waals surface area contributed by atoms with E-state index in [-0.39, 0.29) is 0 Å². The number of ether oxygens (including phenoxy) is 1. The molecule has 0 unspecified atom stereocenters. The molecule has 112 valence electrons. The fraction of sp³-hybridized carbons (Fsp3) is 0.125. The van der Waals surface area contributed by atoms with Crippen molar-refractivity contribution in [2.75, 3.05) is 17.2 Å². The molecule has 0 spiro atoms. The lowest BCUT2D eigenvalue weighted by Gasteiger charge is -2.11. The van der Waals surface area contributed by atoms with Crippen LogP contribution in [-0.4, -0.2) is 16.9 Å². The third-order valence-electron chi connectivity index (χ3n) is 3.04. The van der Waals surface area contributed by atoms with Crippen molar-refractivity contribution in [1.29, 1.82) is 0 Å². The second-order valence-electron chi connectivity index (χ2n) is 4.62. The third kappa shape index (κ3) is 3.35. The zero-order valence-corrected chi connectivity index (χ0v) is 12.8. The summed E-state index contributed by atoms with van der Waals surface area (Å²) in [4.78, 5) is 0. The number of benzene rings is 2. The van der Waals surface area contributed by atoms with Crippen LogP contribution in [0.5, 0.6) is 5.75 Å². The summed E-state index contributed by atoms with van der Waals surface area (Å²) in [7, 11) is 0. The third-order valence-corrected chi connectivity index (χ3v) is 3.25. The van der Waals surface area contributed by atoms with Gasteiger partial charge in [0.15, 0.2) is 5.11 Å². The summed E-state index contributed by atoms with van der Waals surface area (Å²) in [5, 5.41) is 11.6. The molecule has 0 aliphatic heterocycles. The number of anilines is 2. The number of aromatic nitrogens is 1. The Bertz CT molecular complexity index is 783. The van der Waals surface area contributed by atoms with E-state index in [1.54, 1.807) is 6.26 Å². The van der Waals surface area contributed by atoms with Crippen molar-refractivity contribution < 1.29 is 9.26 Å². The number of thiocarbonyl (C=S) groups is 1. The molecule has 0 aliphatic carbocycles. The molecule has 2 aromatic carbocycles. The maximum atomic E-state index is 5.40. The van der Waals surface area contributed by atoms with Gasteiger partial charge in [-0.15, -0.1) is 0 Å². The first kappa shape index (κ1) is 14.3. The zero-order chi connectivity index (χ0) is 15.4. The molecular formula is C16H15N3O2S. The van der Waals surface area contributed by atoms with Crippen molar-refractivity contribution in [2.24, 2.45) is 0 Å². The smallest absolute Gasteiger partial charge is 0.175 e. The molecule has 0 amide bonds. The fourth-order valence-electron chi connectivity index (χ4n) is 2.03. The van der Waals surface area contributed by atoms with Gasteiger partial charge in [0, 0.05) is 16.8 Å². The van der Waals surface area contributed by atoms with Crippen LogP contribution in [0, 0.1) is 0 Å². The Labute approximate surface area is 133 Å². The van der Waals surface area contributed by atoms with Gasteiger partial charge < -0.3 is 19.9 Å². The summed E-state index contributed by atoms with van der Waals surface area (Å²) < 4.78 is 10.3. The Morgan fingerprint density at radius 1 is 1.14 bits per heavy atom. The second kappa shape index (κ2) is 6.44. The molecule has 0 fully saturated rings. The summed E-state index contributed by atoms with van der Waals surface area (Å²) in [5.74, 6) is 0.836. The van der Waals surface area contributed by atoms with Gasteiger partial charge in [-0.25, -0.2) is 0 Å². The van der Waals surface area contributed by atoms with Gasteiger partial charge in [0.1, 0.15) is 17.5 Å². The van der Waals surface area contributed by atoms with Crippen LogP contribution in [-0.2, 0) is 0 Å². The lowest BCUT2D eigenvalue weighted by Crippen LogP contribution is -2.18. The highest BCUT2D eigenvalue weighted by molar-refractivity contribution is 7.80. The van der Waals surface area contributed by atoms with Gasteiger partial charge in [-0.3, -0.25) is 0 Å². The van der Waals surface area contributed by atoms with Gasteiger partial charge in [-0.2, -0.15) is 0 Å². The largest absolute Gasteiger partial charge is 0.494 e. The highest BCUT2D eigenvalue weighted by atomic mass is 32.1. The molecular weight excluding hydrogens is 298 g/mol. The monoisotopic (exact) mass is 313 g/mol. The van der Waals surface area contributed by atoms with Crippen molar-refractivity contribution >= 4 is 39.6 Å². The van der Waals surface area contributed by atoms with E-state index in [4.69, 9.17) is 21.5 Å². The first-order chi connectivity index (χ1) is 10.7. The van der Waals surface area contributed by atoms with E-state index in [2.05, 4.69) is 15.8 Å². The lowest BCUT2D eigenvalue weighted by molar-refractivity contribution is 0.340. The van der Waals surface area contributed by atoms with E-state index in [1.807, 2.05) is 49.4 Å². The van der Waals surface area contributed by atoms with Crippen LogP contribution in [0.25, 0.3) is 10.9 Å². The maximum absolute atomic E-state index is 5.40. The molecule has 0 aliphatic rings. The van der Waals surface area contributed by atoms with Crippen molar-refractivity contribution in [2.45, 2.75) is 6.92 Å². The number of nitrogens with zero attached hydrogens (tertiary/aromatic N) is 1. The van der Waals surface area contributed by atoms with Crippen LogP contribution in [0.15, 0.2) is 53.3 Å². The van der Waals surface area contributed by atoms with Crippen LogP contribution < -0.4 is 15.4 Å². The van der Waals surface area contributed by atoms with Gasteiger partial charge in [0.05, 0.1) is 6.61 Å². The number of hydrogen-bond acceptors (Lipinski definition) is 4. The Balaban J connectivity index is 1.63. The van der Waals surface area contributed by atoms with Gasteiger partial charge in [0.25, 0.3) is 0 Å². The minimum Gasteiger partial charge on any atom is -0.494 e. The quantitative estimate of drug-likeness (QED) is 0.709. The molecule has 0 atom stereocenters. The van der Waals surface area contributed by atoms with Gasteiger partial charge >= 0.3 is 0 Å². The second-order valence-corrected chi connectivity index (χ2v) is 5.03. The SMILES string of the molecule is CCOc1ccc(NC(=S)Nc2ccc3conc3c2)cc1. The van der Waals surface area contributed by atoms with Crippen LogP contribution in [0.1, 0.15) is 6.92 Å². The van der Waals surface area contributed by atoms with E-state index < -0.39 is 0 Å². The molecule has 1 aromatic heterocycles. The van der Waals surface area contributed by atoms with E-state index in [1.165, 1.54) is 0 Å². The molecule has 2 N–H and O–H groups in total. The van der Waals surface area contributed by atoms with Crippen molar-refractivity contribution in [3.05, 3.63) is 48.7 Å². The standard InChI is InChI=1S/C16H15N3O2S/c1-2-20-14-7-5-12(6-8-14)17-16(22)18-13-4-3-11-10-21-19-15(11)9-13/h3-10H,2H2,1H3,(H2,17,18,22). The van der Waals surface area contributed by atoms with Crippen LogP contribution in [0.3, 0.4) is 0 Å². The average molecular weight is 313 g/mol. The number of hydrogen-bond donors (Lipinski definition) is 2. The first-order valence-corrected chi connectivity index (χ1v) is 7.30. The Morgan fingerprint density at radius 2 is 1.86 bits per heavy atom. The predicted molar refractivity (Wildman–Crippen MR) is 91.5 cm³/mol. The predicted octanol–water partition coefficient (Wildman–Crippen LogP) is 4.04. The number of nitrogens with one attached hydrogen (secondary N) is 2. The zero-order valence-electron chi connectivity index (χ0n) is 12.0. The lowest BCUT2D eigenvalue weighted by atomic mass is 10.2. The van der Waals surface area contributed by atoms with E-state index in [9.17, 15) is 0 Å². The first-order valence-electron chi connectivity index (χ1n) is 6.89. The summed E-state index contributed by atoms with van der Waals surface area (Å²) in [5.41, 5.74) is 2.53.